The first-order valence-corrected chi connectivity index (χ1v) is 8.75. The Labute approximate surface area is 158 Å². The quantitative estimate of drug-likeness (QED) is 0.611. The minimum absolute atomic E-state index is 0.251. The molecule has 0 saturated heterocycles. The Morgan fingerprint density at radius 2 is 1.85 bits per heavy atom. The van der Waals surface area contributed by atoms with Crippen LogP contribution >= 0.6 is 11.6 Å². The molecule has 2 aromatic carbocycles. The molecule has 0 saturated carbocycles. The SMILES string of the molecule is CC(C)c1ccc(NC(=O)c2ccc(-c3ncccc3Cl)cc2N)cc1. The van der Waals surface area contributed by atoms with Crippen LogP contribution in [0.4, 0.5) is 11.4 Å². The first-order chi connectivity index (χ1) is 12.5. The van der Waals surface area contributed by atoms with Crippen LogP contribution in [0.2, 0.25) is 5.02 Å². The third-order valence-electron chi connectivity index (χ3n) is 4.16. The lowest BCUT2D eigenvalue weighted by Gasteiger charge is -2.11. The summed E-state index contributed by atoms with van der Waals surface area (Å²) in [5.41, 5.74) is 10.2. The van der Waals surface area contributed by atoms with E-state index in [1.54, 1.807) is 36.5 Å². The molecule has 0 atom stereocenters. The van der Waals surface area contributed by atoms with Gasteiger partial charge < -0.3 is 11.1 Å². The van der Waals surface area contributed by atoms with Crippen molar-refractivity contribution in [2.75, 3.05) is 11.1 Å². The summed E-state index contributed by atoms with van der Waals surface area (Å²) in [5.74, 6) is 0.194. The van der Waals surface area contributed by atoms with E-state index >= 15 is 0 Å². The maximum Gasteiger partial charge on any atom is 0.257 e. The molecule has 0 bridgehead atoms. The Kier molecular flexibility index (Phi) is 5.24. The van der Waals surface area contributed by atoms with Gasteiger partial charge in [-0.05, 0) is 47.9 Å². The summed E-state index contributed by atoms with van der Waals surface area (Å²) in [4.78, 5) is 16.8. The van der Waals surface area contributed by atoms with Crippen molar-refractivity contribution in [1.29, 1.82) is 0 Å². The summed E-state index contributed by atoms with van der Waals surface area (Å²) in [5, 5.41) is 3.41. The number of aromatic nitrogens is 1. The van der Waals surface area contributed by atoms with Crippen molar-refractivity contribution in [3.63, 3.8) is 0 Å². The first kappa shape index (κ1) is 18.0. The van der Waals surface area contributed by atoms with Gasteiger partial charge in [0, 0.05) is 23.1 Å². The standard InChI is InChI=1S/C21H20ClN3O/c1-13(2)14-5-8-16(9-6-14)25-21(26)17-10-7-15(12-19(17)23)20-18(22)4-3-11-24-20/h3-13H,23H2,1-2H3,(H,25,26). The molecular formula is C21H20ClN3O. The van der Waals surface area contributed by atoms with Crippen molar-refractivity contribution in [1.82, 2.24) is 4.98 Å². The van der Waals surface area contributed by atoms with Gasteiger partial charge in [0.1, 0.15) is 0 Å². The Hall–Kier alpha value is -2.85. The molecule has 5 heteroatoms. The number of carbonyl (C=O) groups is 1. The third kappa shape index (κ3) is 3.86. The van der Waals surface area contributed by atoms with Crippen LogP contribution in [0, 0.1) is 0 Å². The molecule has 0 aliphatic carbocycles. The number of nitrogen functional groups attached to an aromatic ring is 1. The van der Waals surface area contributed by atoms with E-state index in [1.165, 1.54) is 5.56 Å². The molecule has 0 radical (unpaired) electrons. The molecule has 0 spiro atoms. The number of pyridine rings is 1. The zero-order valence-corrected chi connectivity index (χ0v) is 15.4. The van der Waals surface area contributed by atoms with Gasteiger partial charge in [-0.1, -0.05) is 43.6 Å². The minimum Gasteiger partial charge on any atom is -0.398 e. The summed E-state index contributed by atoms with van der Waals surface area (Å²) in [7, 11) is 0. The van der Waals surface area contributed by atoms with Gasteiger partial charge in [0.05, 0.1) is 16.3 Å². The molecule has 26 heavy (non-hydrogen) atoms. The fourth-order valence-electron chi connectivity index (χ4n) is 2.66. The third-order valence-corrected chi connectivity index (χ3v) is 4.47. The molecule has 1 heterocycles. The van der Waals surface area contributed by atoms with Crippen LogP contribution in [0.25, 0.3) is 11.3 Å². The van der Waals surface area contributed by atoms with Gasteiger partial charge >= 0.3 is 0 Å². The molecule has 3 rings (SSSR count). The fraction of sp³-hybridized carbons (Fsp3) is 0.143. The first-order valence-electron chi connectivity index (χ1n) is 8.37. The van der Waals surface area contributed by atoms with Crippen LogP contribution in [0.15, 0.2) is 60.8 Å². The van der Waals surface area contributed by atoms with E-state index in [1.807, 2.05) is 24.3 Å². The number of hydrogen-bond donors (Lipinski definition) is 2. The van der Waals surface area contributed by atoms with Crippen molar-refractivity contribution in [2.45, 2.75) is 19.8 Å². The number of nitrogens with zero attached hydrogens (tertiary/aromatic N) is 1. The van der Waals surface area contributed by atoms with Crippen molar-refractivity contribution in [3.05, 3.63) is 76.9 Å². The number of hydrogen-bond acceptors (Lipinski definition) is 3. The number of benzene rings is 2. The van der Waals surface area contributed by atoms with Crippen LogP contribution in [-0.2, 0) is 0 Å². The number of nitrogens with two attached hydrogens (primary N) is 1. The van der Waals surface area contributed by atoms with Crippen LogP contribution in [0.1, 0.15) is 35.7 Å². The van der Waals surface area contributed by atoms with Crippen LogP contribution in [-0.4, -0.2) is 10.9 Å². The number of carbonyl (C=O) groups excluding carboxylic acids is 1. The van der Waals surface area contributed by atoms with E-state index < -0.39 is 0 Å². The summed E-state index contributed by atoms with van der Waals surface area (Å²) in [6.07, 6.45) is 1.67. The van der Waals surface area contributed by atoms with Gasteiger partial charge in [-0.15, -0.1) is 0 Å². The topological polar surface area (TPSA) is 68.0 Å². The van der Waals surface area contributed by atoms with Gasteiger partial charge in [-0.3, -0.25) is 9.78 Å². The summed E-state index contributed by atoms with van der Waals surface area (Å²) in [6, 6.07) is 16.5. The zero-order valence-electron chi connectivity index (χ0n) is 14.7. The fourth-order valence-corrected chi connectivity index (χ4v) is 2.90. The van der Waals surface area contributed by atoms with Crippen LogP contribution in [0.3, 0.4) is 0 Å². The van der Waals surface area contributed by atoms with Gasteiger partial charge in [-0.2, -0.15) is 0 Å². The number of rotatable bonds is 4. The largest absolute Gasteiger partial charge is 0.398 e. The highest BCUT2D eigenvalue weighted by atomic mass is 35.5. The maximum atomic E-state index is 12.5. The van der Waals surface area contributed by atoms with Crippen LogP contribution < -0.4 is 11.1 Å². The molecule has 3 aromatic rings. The molecule has 1 amide bonds. The lowest BCUT2D eigenvalue weighted by molar-refractivity contribution is 0.102. The summed E-state index contributed by atoms with van der Waals surface area (Å²) >= 11 is 6.17. The second-order valence-corrected chi connectivity index (χ2v) is 6.77. The number of halogens is 1. The van der Waals surface area contributed by atoms with Crippen molar-refractivity contribution in [2.24, 2.45) is 0 Å². The number of amides is 1. The Morgan fingerprint density at radius 1 is 1.12 bits per heavy atom. The van der Waals surface area contributed by atoms with Gasteiger partial charge in [0.2, 0.25) is 0 Å². The maximum absolute atomic E-state index is 12.5. The van der Waals surface area contributed by atoms with Crippen LogP contribution in [0.5, 0.6) is 0 Å². The monoisotopic (exact) mass is 365 g/mol. The normalized spacial score (nSPS) is 10.8. The Balaban J connectivity index is 1.81. The molecule has 0 unspecified atom stereocenters. The summed E-state index contributed by atoms with van der Waals surface area (Å²) < 4.78 is 0. The van der Waals surface area contributed by atoms with E-state index in [0.29, 0.717) is 27.9 Å². The van der Waals surface area contributed by atoms with Gasteiger partial charge in [0.15, 0.2) is 0 Å². The average molecular weight is 366 g/mol. The molecule has 4 nitrogen and oxygen atoms in total. The van der Waals surface area contributed by atoms with E-state index in [2.05, 4.69) is 24.1 Å². The van der Waals surface area contributed by atoms with Crippen molar-refractivity contribution >= 4 is 28.9 Å². The molecule has 3 N–H and O–H groups in total. The van der Waals surface area contributed by atoms with Gasteiger partial charge in [0.25, 0.3) is 5.91 Å². The Morgan fingerprint density at radius 3 is 2.46 bits per heavy atom. The second kappa shape index (κ2) is 7.58. The smallest absolute Gasteiger partial charge is 0.257 e. The lowest BCUT2D eigenvalue weighted by atomic mass is 10.0. The van der Waals surface area contributed by atoms with Crippen molar-refractivity contribution < 1.29 is 4.79 Å². The van der Waals surface area contributed by atoms with E-state index in [4.69, 9.17) is 17.3 Å². The predicted molar refractivity (Wildman–Crippen MR) is 108 cm³/mol. The molecule has 1 aromatic heterocycles. The predicted octanol–water partition coefficient (Wildman–Crippen LogP) is 5.36. The second-order valence-electron chi connectivity index (χ2n) is 6.37. The highest BCUT2D eigenvalue weighted by molar-refractivity contribution is 6.33. The average Bonchev–Trinajstić information content (AvgIpc) is 2.62. The van der Waals surface area contributed by atoms with Gasteiger partial charge in [-0.25, -0.2) is 0 Å². The van der Waals surface area contributed by atoms with E-state index in [0.717, 1.165) is 11.3 Å². The minimum atomic E-state index is -0.251. The highest BCUT2D eigenvalue weighted by Gasteiger charge is 2.13. The lowest BCUT2D eigenvalue weighted by Crippen LogP contribution is -2.14. The molecule has 0 aliphatic rings. The summed E-state index contributed by atoms with van der Waals surface area (Å²) in [6.45, 7) is 4.26. The molecule has 0 fully saturated rings. The zero-order chi connectivity index (χ0) is 18.7. The van der Waals surface area contributed by atoms with E-state index in [-0.39, 0.29) is 5.91 Å². The molecular weight excluding hydrogens is 346 g/mol. The number of anilines is 2. The molecule has 0 aliphatic heterocycles. The van der Waals surface area contributed by atoms with Crippen molar-refractivity contribution in [3.8, 4) is 11.3 Å². The number of nitrogens with one attached hydrogen (secondary N) is 1. The molecule has 132 valence electrons. The Bertz CT molecular complexity index is 936. The van der Waals surface area contributed by atoms with E-state index in [9.17, 15) is 4.79 Å². The highest BCUT2D eigenvalue weighted by Crippen LogP contribution is 2.28.